The van der Waals surface area contributed by atoms with Crippen molar-refractivity contribution >= 4 is 21.6 Å². The number of carbonyl (C=O) groups excluding carboxylic acids is 1. The first kappa shape index (κ1) is 20.4. The topological polar surface area (TPSA) is 75.7 Å². The Bertz CT molecular complexity index is 885. The average Bonchev–Trinajstić information content (AvgIpc) is 2.98. The summed E-state index contributed by atoms with van der Waals surface area (Å²) in [6.45, 7) is 3.00. The van der Waals surface area contributed by atoms with Gasteiger partial charge in [0.1, 0.15) is 5.75 Å². The lowest BCUT2D eigenvalue weighted by molar-refractivity contribution is -0.118. The van der Waals surface area contributed by atoms with Gasteiger partial charge in [-0.1, -0.05) is 30.5 Å². The van der Waals surface area contributed by atoms with Crippen LogP contribution in [0.15, 0.2) is 53.4 Å². The van der Waals surface area contributed by atoms with E-state index in [1.54, 1.807) is 16.4 Å². The molecule has 2 aromatic carbocycles. The van der Waals surface area contributed by atoms with Gasteiger partial charge in [-0.15, -0.1) is 0 Å². The second-order valence-electron chi connectivity index (χ2n) is 6.99. The number of benzene rings is 2. The fraction of sp³-hybridized carbons (Fsp3) is 0.381. The van der Waals surface area contributed by atoms with Crippen LogP contribution in [0.3, 0.4) is 0 Å². The van der Waals surface area contributed by atoms with Crippen molar-refractivity contribution in [3.05, 3.63) is 54.1 Å². The maximum atomic E-state index is 12.8. The van der Waals surface area contributed by atoms with Crippen LogP contribution in [0.4, 0.5) is 5.69 Å². The molecule has 0 saturated carbocycles. The molecule has 0 radical (unpaired) electrons. The molecule has 1 aliphatic heterocycles. The fourth-order valence-electron chi connectivity index (χ4n) is 3.12. The second kappa shape index (κ2) is 9.21. The van der Waals surface area contributed by atoms with E-state index in [4.69, 9.17) is 4.74 Å². The van der Waals surface area contributed by atoms with Gasteiger partial charge in [-0.3, -0.25) is 4.79 Å². The standard InChI is InChI=1S/C21H26N2O4S/c1-17-6-10-19(11-7-17)27-16-21(24)22-18-8-12-20(13-9-18)28(25,26)23-14-4-2-3-5-15-23/h6-13H,2-5,14-16H2,1H3,(H,22,24). The zero-order valence-electron chi connectivity index (χ0n) is 16.1. The monoisotopic (exact) mass is 402 g/mol. The van der Waals surface area contributed by atoms with Crippen molar-refractivity contribution in [1.82, 2.24) is 4.31 Å². The minimum absolute atomic E-state index is 0.114. The molecule has 0 aromatic heterocycles. The van der Waals surface area contributed by atoms with Crippen LogP contribution in [-0.4, -0.2) is 38.3 Å². The number of hydrogen-bond acceptors (Lipinski definition) is 4. The summed E-state index contributed by atoms with van der Waals surface area (Å²) in [6, 6.07) is 13.7. The van der Waals surface area contributed by atoms with Crippen LogP contribution >= 0.6 is 0 Å². The highest BCUT2D eigenvalue weighted by molar-refractivity contribution is 7.89. The number of nitrogens with zero attached hydrogens (tertiary/aromatic N) is 1. The first-order valence-corrected chi connectivity index (χ1v) is 11.0. The van der Waals surface area contributed by atoms with Gasteiger partial charge in [-0.2, -0.15) is 4.31 Å². The van der Waals surface area contributed by atoms with Gasteiger partial charge in [-0.05, 0) is 56.2 Å². The summed E-state index contributed by atoms with van der Waals surface area (Å²) in [7, 11) is -3.48. The van der Waals surface area contributed by atoms with Gasteiger partial charge in [0.15, 0.2) is 6.61 Å². The summed E-state index contributed by atoms with van der Waals surface area (Å²) in [6.07, 6.45) is 3.94. The third-order valence-corrected chi connectivity index (χ3v) is 6.64. The summed E-state index contributed by atoms with van der Waals surface area (Å²) < 4.78 is 32.6. The Kier molecular flexibility index (Phi) is 6.70. The molecule has 1 fully saturated rings. The van der Waals surface area contributed by atoms with Gasteiger partial charge in [0.25, 0.3) is 5.91 Å². The largest absolute Gasteiger partial charge is 0.484 e. The number of hydrogen-bond donors (Lipinski definition) is 1. The van der Waals surface area contributed by atoms with Crippen LogP contribution in [0.25, 0.3) is 0 Å². The summed E-state index contributed by atoms with van der Waals surface area (Å²) in [5.74, 6) is 0.323. The van der Waals surface area contributed by atoms with E-state index in [0.29, 0.717) is 24.5 Å². The Hall–Kier alpha value is -2.38. The number of amides is 1. The Morgan fingerprint density at radius 3 is 2.18 bits per heavy atom. The zero-order chi connectivity index (χ0) is 20.0. The van der Waals surface area contributed by atoms with Crippen LogP contribution in [0, 0.1) is 6.92 Å². The third kappa shape index (κ3) is 5.33. The van der Waals surface area contributed by atoms with Crippen LogP contribution in [0.2, 0.25) is 0 Å². The number of rotatable bonds is 6. The number of sulfonamides is 1. The molecule has 150 valence electrons. The number of carbonyl (C=O) groups is 1. The number of anilines is 1. The number of ether oxygens (including phenoxy) is 1. The van der Waals surface area contributed by atoms with Crippen molar-refractivity contribution in [1.29, 1.82) is 0 Å². The number of nitrogens with one attached hydrogen (secondary N) is 1. The second-order valence-corrected chi connectivity index (χ2v) is 8.93. The molecule has 1 amide bonds. The first-order chi connectivity index (χ1) is 13.4. The van der Waals surface area contributed by atoms with Crippen molar-refractivity contribution in [3.63, 3.8) is 0 Å². The molecule has 0 bridgehead atoms. The van der Waals surface area contributed by atoms with E-state index in [1.807, 2.05) is 31.2 Å². The summed E-state index contributed by atoms with van der Waals surface area (Å²) >= 11 is 0. The molecular weight excluding hydrogens is 376 g/mol. The highest BCUT2D eigenvalue weighted by atomic mass is 32.2. The maximum Gasteiger partial charge on any atom is 0.262 e. The zero-order valence-corrected chi connectivity index (χ0v) is 16.9. The Morgan fingerprint density at radius 1 is 0.964 bits per heavy atom. The van der Waals surface area contributed by atoms with Crippen molar-refractivity contribution in [2.45, 2.75) is 37.5 Å². The predicted molar refractivity (Wildman–Crippen MR) is 109 cm³/mol. The lowest BCUT2D eigenvalue weighted by Crippen LogP contribution is -2.31. The van der Waals surface area contributed by atoms with Gasteiger partial charge >= 0.3 is 0 Å². The average molecular weight is 403 g/mol. The van der Waals surface area contributed by atoms with Crippen molar-refractivity contribution < 1.29 is 17.9 Å². The molecule has 2 aromatic rings. The van der Waals surface area contributed by atoms with Crippen molar-refractivity contribution in [2.24, 2.45) is 0 Å². The van der Waals surface area contributed by atoms with Gasteiger partial charge in [0.2, 0.25) is 10.0 Å². The molecule has 28 heavy (non-hydrogen) atoms. The summed E-state index contributed by atoms with van der Waals surface area (Å²) in [4.78, 5) is 12.3. The van der Waals surface area contributed by atoms with Crippen LogP contribution in [0.1, 0.15) is 31.2 Å². The highest BCUT2D eigenvalue weighted by Gasteiger charge is 2.24. The smallest absolute Gasteiger partial charge is 0.262 e. The Morgan fingerprint density at radius 2 is 1.57 bits per heavy atom. The van der Waals surface area contributed by atoms with Crippen molar-refractivity contribution in [2.75, 3.05) is 25.0 Å². The lowest BCUT2D eigenvalue weighted by Gasteiger charge is -2.20. The van der Waals surface area contributed by atoms with E-state index < -0.39 is 10.0 Å². The highest BCUT2D eigenvalue weighted by Crippen LogP contribution is 2.22. The van der Waals surface area contributed by atoms with Crippen LogP contribution in [-0.2, 0) is 14.8 Å². The SMILES string of the molecule is Cc1ccc(OCC(=O)Nc2ccc(S(=O)(=O)N3CCCCCC3)cc2)cc1. The minimum Gasteiger partial charge on any atom is -0.484 e. The Balaban J connectivity index is 1.57. The predicted octanol–water partition coefficient (Wildman–Crippen LogP) is 3.58. The Labute approximate surface area is 166 Å². The first-order valence-electron chi connectivity index (χ1n) is 9.55. The molecule has 7 heteroatoms. The molecule has 0 aliphatic carbocycles. The van der Waals surface area contributed by atoms with E-state index in [2.05, 4.69) is 5.32 Å². The normalized spacial score (nSPS) is 15.6. The molecule has 0 spiro atoms. The van der Waals surface area contributed by atoms with E-state index in [9.17, 15) is 13.2 Å². The molecule has 0 unspecified atom stereocenters. The lowest BCUT2D eigenvalue weighted by atomic mass is 10.2. The summed E-state index contributed by atoms with van der Waals surface area (Å²) in [5.41, 5.74) is 1.65. The van der Waals surface area contributed by atoms with Gasteiger partial charge in [-0.25, -0.2) is 8.42 Å². The van der Waals surface area contributed by atoms with Gasteiger partial charge in [0.05, 0.1) is 4.90 Å². The molecule has 0 atom stereocenters. The number of aryl methyl sites for hydroxylation is 1. The molecular formula is C21H26N2O4S. The van der Waals surface area contributed by atoms with E-state index in [1.165, 1.54) is 12.1 Å². The van der Waals surface area contributed by atoms with E-state index >= 15 is 0 Å². The maximum absolute atomic E-state index is 12.8. The molecule has 1 aliphatic rings. The summed E-state index contributed by atoms with van der Waals surface area (Å²) in [5, 5.41) is 2.72. The third-order valence-electron chi connectivity index (χ3n) is 4.73. The van der Waals surface area contributed by atoms with E-state index in [-0.39, 0.29) is 17.4 Å². The fourth-order valence-corrected chi connectivity index (χ4v) is 4.64. The molecule has 1 N–H and O–H groups in total. The van der Waals surface area contributed by atoms with Crippen LogP contribution in [0.5, 0.6) is 5.75 Å². The molecule has 6 nitrogen and oxygen atoms in total. The quantitative estimate of drug-likeness (QED) is 0.801. The molecule has 1 saturated heterocycles. The molecule has 3 rings (SSSR count). The minimum atomic E-state index is -3.48. The van der Waals surface area contributed by atoms with Gasteiger partial charge < -0.3 is 10.1 Å². The van der Waals surface area contributed by atoms with E-state index in [0.717, 1.165) is 31.2 Å². The van der Waals surface area contributed by atoms with Gasteiger partial charge in [0, 0.05) is 18.8 Å². The van der Waals surface area contributed by atoms with Crippen molar-refractivity contribution in [3.8, 4) is 5.75 Å². The molecule has 1 heterocycles. The van der Waals surface area contributed by atoms with Crippen LogP contribution < -0.4 is 10.1 Å².